The molecule has 2 N–H and O–H groups in total. The van der Waals surface area contributed by atoms with Crippen LogP contribution >= 0.6 is 0 Å². The molecule has 0 amide bonds. The van der Waals surface area contributed by atoms with Gasteiger partial charge >= 0.3 is 5.97 Å². The number of H-pyrrole nitrogens is 1. The molecule has 1 aromatic heterocycles. The van der Waals surface area contributed by atoms with Crippen molar-refractivity contribution in [1.82, 2.24) is 10.2 Å². The predicted octanol–water partition coefficient (Wildman–Crippen LogP) is 1.61. The van der Waals surface area contributed by atoms with E-state index in [4.69, 9.17) is 0 Å². The first-order valence-electron chi connectivity index (χ1n) is 6.07. The first-order valence-corrected chi connectivity index (χ1v) is 7.55. The maximum Gasteiger partial charge on any atom is 0.340 e. The summed E-state index contributed by atoms with van der Waals surface area (Å²) in [7, 11) is -2.59. The molecule has 8 heteroatoms. The molecule has 0 aliphatic rings. The number of sulfonamides is 1. The third-order valence-electron chi connectivity index (χ3n) is 2.90. The molecule has 2 rings (SSSR count). The molecule has 0 radical (unpaired) electrons. The molecule has 0 saturated heterocycles. The standard InChI is InChI=1S/C13H15N3O4S/c1-8-4-5-11(10(6-8)13(17)20-3)16-21(18,19)12-7-14-15-9(12)2/h4-7,16H,1-3H3,(H,14,15). The molecule has 0 fully saturated rings. The fourth-order valence-electron chi connectivity index (χ4n) is 1.84. The number of aromatic amines is 1. The van der Waals surface area contributed by atoms with Gasteiger partial charge in [0.2, 0.25) is 0 Å². The smallest absolute Gasteiger partial charge is 0.340 e. The Morgan fingerprint density at radius 1 is 1.33 bits per heavy atom. The molecule has 1 heterocycles. The van der Waals surface area contributed by atoms with Crippen molar-refractivity contribution in [2.45, 2.75) is 18.7 Å². The molecule has 2 aromatic rings. The van der Waals surface area contributed by atoms with Crippen LogP contribution in [0.15, 0.2) is 29.3 Å². The summed E-state index contributed by atoms with van der Waals surface area (Å²) in [6.07, 6.45) is 1.21. The number of ether oxygens (including phenoxy) is 1. The van der Waals surface area contributed by atoms with Crippen LogP contribution in [0.25, 0.3) is 0 Å². The highest BCUT2D eigenvalue weighted by Gasteiger charge is 2.22. The van der Waals surface area contributed by atoms with Crippen molar-refractivity contribution < 1.29 is 17.9 Å². The largest absolute Gasteiger partial charge is 0.465 e. The number of aromatic nitrogens is 2. The molecule has 112 valence electrons. The number of esters is 1. The van der Waals surface area contributed by atoms with Gasteiger partial charge in [-0.1, -0.05) is 11.6 Å². The summed E-state index contributed by atoms with van der Waals surface area (Å²) >= 11 is 0. The first kappa shape index (κ1) is 15.0. The highest BCUT2D eigenvalue weighted by molar-refractivity contribution is 7.92. The summed E-state index contributed by atoms with van der Waals surface area (Å²) in [5.41, 5.74) is 1.54. The molecule has 7 nitrogen and oxygen atoms in total. The van der Waals surface area contributed by atoms with E-state index in [1.165, 1.54) is 19.4 Å². The summed E-state index contributed by atoms with van der Waals surface area (Å²) < 4.78 is 31.7. The van der Waals surface area contributed by atoms with Gasteiger partial charge in [0.25, 0.3) is 10.0 Å². The van der Waals surface area contributed by atoms with Crippen LogP contribution in [0.5, 0.6) is 0 Å². The van der Waals surface area contributed by atoms with E-state index in [2.05, 4.69) is 19.7 Å². The lowest BCUT2D eigenvalue weighted by Gasteiger charge is -2.11. The number of hydrogen-bond acceptors (Lipinski definition) is 5. The van der Waals surface area contributed by atoms with Crippen LogP contribution in [0.2, 0.25) is 0 Å². The lowest BCUT2D eigenvalue weighted by molar-refractivity contribution is 0.0602. The molecular formula is C13H15N3O4S. The van der Waals surface area contributed by atoms with Gasteiger partial charge in [-0.25, -0.2) is 13.2 Å². The number of carbonyl (C=O) groups excluding carboxylic acids is 1. The molecule has 0 saturated carbocycles. The van der Waals surface area contributed by atoms with Gasteiger partial charge in [0.1, 0.15) is 4.90 Å². The number of rotatable bonds is 4. The fourth-order valence-corrected chi connectivity index (χ4v) is 3.05. The van der Waals surface area contributed by atoms with Gasteiger partial charge < -0.3 is 4.74 Å². The van der Waals surface area contributed by atoms with Gasteiger partial charge in [-0.05, 0) is 26.0 Å². The van der Waals surface area contributed by atoms with Gasteiger partial charge in [0.05, 0.1) is 30.3 Å². The summed E-state index contributed by atoms with van der Waals surface area (Å²) in [5.74, 6) is -0.611. The molecular weight excluding hydrogens is 294 g/mol. The summed E-state index contributed by atoms with van der Waals surface area (Å²) in [5, 5.41) is 6.24. The number of nitrogens with zero attached hydrogens (tertiary/aromatic N) is 1. The molecule has 0 aliphatic carbocycles. The van der Waals surface area contributed by atoms with Crippen LogP contribution in [0, 0.1) is 13.8 Å². The monoisotopic (exact) mass is 309 g/mol. The molecule has 21 heavy (non-hydrogen) atoms. The Balaban J connectivity index is 2.45. The Kier molecular flexibility index (Phi) is 3.99. The van der Waals surface area contributed by atoms with Crippen LogP contribution < -0.4 is 4.72 Å². The van der Waals surface area contributed by atoms with E-state index in [1.807, 2.05) is 0 Å². The topological polar surface area (TPSA) is 101 Å². The van der Waals surface area contributed by atoms with Crippen LogP contribution in [0.4, 0.5) is 5.69 Å². The Bertz CT molecular complexity index is 780. The lowest BCUT2D eigenvalue weighted by atomic mass is 10.1. The van der Waals surface area contributed by atoms with Crippen LogP contribution in [-0.2, 0) is 14.8 Å². The van der Waals surface area contributed by atoms with Crippen molar-refractivity contribution in [3.63, 3.8) is 0 Å². The third kappa shape index (κ3) is 3.05. The minimum absolute atomic E-state index is 0.0268. The van der Waals surface area contributed by atoms with E-state index in [1.54, 1.807) is 26.0 Å². The number of nitrogens with one attached hydrogen (secondary N) is 2. The van der Waals surface area contributed by atoms with Crippen molar-refractivity contribution in [2.75, 3.05) is 11.8 Å². The van der Waals surface area contributed by atoms with Crippen molar-refractivity contribution >= 4 is 21.7 Å². The normalized spacial score (nSPS) is 11.2. The molecule has 0 spiro atoms. The highest BCUT2D eigenvalue weighted by Crippen LogP contribution is 2.23. The van der Waals surface area contributed by atoms with E-state index in [0.717, 1.165) is 5.56 Å². The second-order valence-corrected chi connectivity index (χ2v) is 6.16. The second-order valence-electron chi connectivity index (χ2n) is 4.51. The number of hydrogen-bond donors (Lipinski definition) is 2. The van der Waals surface area contributed by atoms with Crippen molar-refractivity contribution in [2.24, 2.45) is 0 Å². The van der Waals surface area contributed by atoms with E-state index in [-0.39, 0.29) is 16.1 Å². The van der Waals surface area contributed by atoms with Crippen molar-refractivity contribution in [3.8, 4) is 0 Å². The Morgan fingerprint density at radius 3 is 2.62 bits per heavy atom. The van der Waals surface area contributed by atoms with Gasteiger partial charge in [-0.2, -0.15) is 5.10 Å². The first-order chi connectivity index (χ1) is 9.85. The van der Waals surface area contributed by atoms with Gasteiger partial charge in [-0.15, -0.1) is 0 Å². The van der Waals surface area contributed by atoms with Crippen LogP contribution in [0.3, 0.4) is 0 Å². The van der Waals surface area contributed by atoms with Crippen molar-refractivity contribution in [1.29, 1.82) is 0 Å². The average Bonchev–Trinajstić information content (AvgIpc) is 2.87. The lowest BCUT2D eigenvalue weighted by Crippen LogP contribution is -2.16. The maximum atomic E-state index is 12.3. The molecule has 0 aliphatic heterocycles. The SMILES string of the molecule is COC(=O)c1cc(C)ccc1NS(=O)(=O)c1cn[nH]c1C. The molecule has 1 aromatic carbocycles. The number of aryl methyl sites for hydroxylation is 2. The Hall–Kier alpha value is -2.35. The minimum Gasteiger partial charge on any atom is -0.465 e. The average molecular weight is 309 g/mol. The number of benzene rings is 1. The molecule has 0 bridgehead atoms. The van der Waals surface area contributed by atoms with E-state index < -0.39 is 16.0 Å². The van der Waals surface area contributed by atoms with Gasteiger partial charge in [0.15, 0.2) is 0 Å². The zero-order chi connectivity index (χ0) is 15.6. The zero-order valence-electron chi connectivity index (χ0n) is 11.8. The minimum atomic E-state index is -3.83. The van der Waals surface area contributed by atoms with Crippen LogP contribution in [-0.4, -0.2) is 31.7 Å². The summed E-state index contributed by atoms with van der Waals surface area (Å²) in [4.78, 5) is 11.8. The highest BCUT2D eigenvalue weighted by atomic mass is 32.2. The van der Waals surface area contributed by atoms with E-state index in [0.29, 0.717) is 5.69 Å². The van der Waals surface area contributed by atoms with E-state index >= 15 is 0 Å². The predicted molar refractivity (Wildman–Crippen MR) is 76.7 cm³/mol. The third-order valence-corrected chi connectivity index (χ3v) is 4.38. The Morgan fingerprint density at radius 2 is 2.05 bits per heavy atom. The quantitative estimate of drug-likeness (QED) is 0.836. The van der Waals surface area contributed by atoms with Crippen LogP contribution in [0.1, 0.15) is 21.6 Å². The number of methoxy groups -OCH3 is 1. The van der Waals surface area contributed by atoms with Gasteiger partial charge in [-0.3, -0.25) is 9.82 Å². The van der Waals surface area contributed by atoms with Gasteiger partial charge in [0, 0.05) is 0 Å². The van der Waals surface area contributed by atoms with Crippen molar-refractivity contribution in [3.05, 3.63) is 41.2 Å². The zero-order valence-corrected chi connectivity index (χ0v) is 12.6. The molecule has 0 atom stereocenters. The summed E-state index contributed by atoms with van der Waals surface area (Å²) in [6, 6.07) is 4.78. The van der Waals surface area contributed by atoms with E-state index in [9.17, 15) is 13.2 Å². The number of anilines is 1. The second kappa shape index (κ2) is 5.57. The summed E-state index contributed by atoms with van der Waals surface area (Å²) in [6.45, 7) is 3.39. The Labute approximate surface area is 122 Å². The molecule has 0 unspecified atom stereocenters. The number of carbonyl (C=O) groups is 1. The maximum absolute atomic E-state index is 12.3. The fraction of sp³-hybridized carbons (Fsp3) is 0.231.